The highest BCUT2D eigenvalue weighted by atomic mass is 16.5. The van der Waals surface area contributed by atoms with Gasteiger partial charge in [0.25, 0.3) is 0 Å². The second-order valence-electron chi connectivity index (χ2n) is 5.20. The third-order valence-electron chi connectivity index (χ3n) is 3.97. The van der Waals surface area contributed by atoms with Crippen LogP contribution in [0, 0.1) is 5.92 Å². The molecule has 1 aliphatic rings. The molecule has 18 heavy (non-hydrogen) atoms. The monoisotopic (exact) mass is 249 g/mol. The van der Waals surface area contributed by atoms with Crippen LogP contribution in [0.4, 0.5) is 0 Å². The van der Waals surface area contributed by atoms with Gasteiger partial charge in [-0.15, -0.1) is 0 Å². The van der Waals surface area contributed by atoms with Gasteiger partial charge < -0.3 is 9.84 Å². The Kier molecular flexibility index (Phi) is 4.61. The largest absolute Gasteiger partial charge is 0.508 e. The molecule has 1 aliphatic heterocycles. The van der Waals surface area contributed by atoms with E-state index in [4.69, 9.17) is 4.74 Å². The van der Waals surface area contributed by atoms with Crippen LogP contribution >= 0.6 is 0 Å². The number of hydrogen-bond acceptors (Lipinski definition) is 3. The van der Waals surface area contributed by atoms with E-state index in [1.807, 2.05) is 12.1 Å². The Bertz CT molecular complexity index is 355. The minimum absolute atomic E-state index is 0.338. The number of piperidine rings is 1. The molecule has 0 bridgehead atoms. The van der Waals surface area contributed by atoms with Crippen molar-refractivity contribution in [1.82, 2.24) is 4.90 Å². The molecule has 1 heterocycles. The average Bonchev–Trinajstić information content (AvgIpc) is 2.40. The van der Waals surface area contributed by atoms with Crippen LogP contribution in [-0.2, 0) is 4.74 Å². The Hall–Kier alpha value is -1.06. The molecule has 1 unspecified atom stereocenters. The topological polar surface area (TPSA) is 32.7 Å². The summed E-state index contributed by atoms with van der Waals surface area (Å²) >= 11 is 0. The number of nitrogens with zero attached hydrogens (tertiary/aromatic N) is 1. The Morgan fingerprint density at radius 3 is 2.44 bits per heavy atom. The van der Waals surface area contributed by atoms with Crippen LogP contribution < -0.4 is 0 Å². The molecule has 0 amide bonds. The van der Waals surface area contributed by atoms with Gasteiger partial charge in [-0.05, 0) is 56.5 Å². The molecule has 1 saturated heterocycles. The maximum absolute atomic E-state index is 9.32. The number of ether oxygens (including phenoxy) is 1. The number of phenols is 1. The number of methoxy groups -OCH3 is 1. The van der Waals surface area contributed by atoms with Crippen LogP contribution in [-0.4, -0.2) is 36.8 Å². The predicted molar refractivity (Wildman–Crippen MR) is 72.7 cm³/mol. The first-order valence-electron chi connectivity index (χ1n) is 6.72. The van der Waals surface area contributed by atoms with Crippen molar-refractivity contribution in [1.29, 1.82) is 0 Å². The van der Waals surface area contributed by atoms with Gasteiger partial charge in [0.1, 0.15) is 5.75 Å². The molecule has 0 aromatic heterocycles. The Balaban J connectivity index is 1.91. The quantitative estimate of drug-likeness (QED) is 0.890. The summed E-state index contributed by atoms with van der Waals surface area (Å²) in [4.78, 5) is 2.51. The van der Waals surface area contributed by atoms with E-state index >= 15 is 0 Å². The maximum Gasteiger partial charge on any atom is 0.115 e. The van der Waals surface area contributed by atoms with Crippen LogP contribution in [0.25, 0.3) is 0 Å². The SMILES string of the molecule is COCC1CCN(C(C)c2ccc(O)cc2)CC1. The summed E-state index contributed by atoms with van der Waals surface area (Å²) in [6.07, 6.45) is 2.44. The maximum atomic E-state index is 9.32. The molecule has 1 aromatic carbocycles. The number of rotatable bonds is 4. The highest BCUT2D eigenvalue weighted by Gasteiger charge is 2.23. The van der Waals surface area contributed by atoms with Crippen molar-refractivity contribution in [3.05, 3.63) is 29.8 Å². The smallest absolute Gasteiger partial charge is 0.115 e. The van der Waals surface area contributed by atoms with Crippen molar-refractivity contribution in [3.63, 3.8) is 0 Å². The Morgan fingerprint density at radius 2 is 1.89 bits per heavy atom. The molecule has 0 saturated carbocycles. The molecule has 0 spiro atoms. The van der Waals surface area contributed by atoms with Gasteiger partial charge in [0.05, 0.1) is 0 Å². The molecule has 1 atom stereocenters. The zero-order valence-corrected chi connectivity index (χ0v) is 11.3. The van der Waals surface area contributed by atoms with E-state index in [-0.39, 0.29) is 0 Å². The first kappa shape index (κ1) is 13.4. The van der Waals surface area contributed by atoms with Crippen molar-refractivity contribution in [2.75, 3.05) is 26.8 Å². The molecular formula is C15H23NO2. The first-order chi connectivity index (χ1) is 8.70. The highest BCUT2D eigenvalue weighted by molar-refractivity contribution is 5.27. The molecule has 3 heteroatoms. The molecule has 1 N–H and O–H groups in total. The van der Waals surface area contributed by atoms with E-state index in [2.05, 4.69) is 11.8 Å². The summed E-state index contributed by atoms with van der Waals surface area (Å²) in [5.41, 5.74) is 1.28. The van der Waals surface area contributed by atoms with Crippen molar-refractivity contribution < 1.29 is 9.84 Å². The fraction of sp³-hybridized carbons (Fsp3) is 0.600. The lowest BCUT2D eigenvalue weighted by molar-refractivity contribution is 0.0833. The van der Waals surface area contributed by atoms with Crippen molar-refractivity contribution >= 4 is 0 Å². The minimum Gasteiger partial charge on any atom is -0.508 e. The number of phenolic OH excluding ortho intramolecular Hbond substituents is 1. The molecule has 1 fully saturated rings. The fourth-order valence-electron chi connectivity index (χ4n) is 2.71. The highest BCUT2D eigenvalue weighted by Crippen LogP contribution is 2.27. The summed E-state index contributed by atoms with van der Waals surface area (Å²) in [6, 6.07) is 7.99. The lowest BCUT2D eigenvalue weighted by atomic mass is 9.95. The van der Waals surface area contributed by atoms with E-state index < -0.39 is 0 Å². The van der Waals surface area contributed by atoms with Crippen LogP contribution in [0.3, 0.4) is 0 Å². The van der Waals surface area contributed by atoms with Gasteiger partial charge in [-0.3, -0.25) is 4.90 Å². The molecule has 0 radical (unpaired) electrons. The summed E-state index contributed by atoms with van der Waals surface area (Å²) in [6.45, 7) is 5.40. The van der Waals surface area contributed by atoms with Crippen molar-refractivity contribution in [2.45, 2.75) is 25.8 Å². The third kappa shape index (κ3) is 3.24. The average molecular weight is 249 g/mol. The molecule has 100 valence electrons. The number of likely N-dealkylation sites (tertiary alicyclic amines) is 1. The van der Waals surface area contributed by atoms with Gasteiger partial charge in [-0.2, -0.15) is 0 Å². The van der Waals surface area contributed by atoms with E-state index in [1.165, 1.54) is 18.4 Å². The zero-order valence-electron chi connectivity index (χ0n) is 11.3. The molecule has 1 aromatic rings. The molecule has 2 rings (SSSR count). The molecule has 0 aliphatic carbocycles. The van der Waals surface area contributed by atoms with Crippen molar-refractivity contribution in [3.8, 4) is 5.75 Å². The lowest BCUT2D eigenvalue weighted by Gasteiger charge is -2.36. The lowest BCUT2D eigenvalue weighted by Crippen LogP contribution is -2.36. The summed E-state index contributed by atoms with van der Waals surface area (Å²) in [5.74, 6) is 1.06. The van der Waals surface area contributed by atoms with E-state index in [9.17, 15) is 5.11 Å². The van der Waals surface area contributed by atoms with E-state index in [1.54, 1.807) is 19.2 Å². The Labute approximate surface area is 109 Å². The fourth-order valence-corrected chi connectivity index (χ4v) is 2.71. The van der Waals surface area contributed by atoms with Crippen LogP contribution in [0.1, 0.15) is 31.4 Å². The zero-order chi connectivity index (χ0) is 13.0. The summed E-state index contributed by atoms with van der Waals surface area (Å²) in [5, 5.41) is 9.32. The van der Waals surface area contributed by atoms with Gasteiger partial charge in [0, 0.05) is 19.8 Å². The second-order valence-corrected chi connectivity index (χ2v) is 5.20. The number of benzene rings is 1. The van der Waals surface area contributed by atoms with Gasteiger partial charge in [0.15, 0.2) is 0 Å². The van der Waals surface area contributed by atoms with E-state index in [0.29, 0.717) is 11.8 Å². The van der Waals surface area contributed by atoms with Crippen LogP contribution in [0.5, 0.6) is 5.75 Å². The van der Waals surface area contributed by atoms with Crippen LogP contribution in [0.2, 0.25) is 0 Å². The van der Waals surface area contributed by atoms with E-state index in [0.717, 1.165) is 25.6 Å². The van der Waals surface area contributed by atoms with Gasteiger partial charge in [0.2, 0.25) is 0 Å². The second kappa shape index (κ2) is 6.21. The number of hydrogen-bond donors (Lipinski definition) is 1. The number of aromatic hydroxyl groups is 1. The predicted octanol–water partition coefficient (Wildman–Crippen LogP) is 2.81. The minimum atomic E-state index is 0.338. The Morgan fingerprint density at radius 1 is 1.28 bits per heavy atom. The molecular weight excluding hydrogens is 226 g/mol. The van der Waals surface area contributed by atoms with Crippen LogP contribution in [0.15, 0.2) is 24.3 Å². The normalized spacial score (nSPS) is 19.9. The summed E-state index contributed by atoms with van der Waals surface area (Å²) < 4.78 is 5.23. The first-order valence-corrected chi connectivity index (χ1v) is 6.72. The standard InChI is InChI=1S/C15H23NO2/c1-12(14-3-5-15(17)6-4-14)16-9-7-13(8-10-16)11-18-2/h3-6,12-13,17H,7-11H2,1-2H3. The van der Waals surface area contributed by atoms with Crippen molar-refractivity contribution in [2.24, 2.45) is 5.92 Å². The molecule has 3 nitrogen and oxygen atoms in total. The van der Waals surface area contributed by atoms with Gasteiger partial charge in [-0.1, -0.05) is 12.1 Å². The third-order valence-corrected chi connectivity index (χ3v) is 3.97. The van der Waals surface area contributed by atoms with Gasteiger partial charge in [-0.25, -0.2) is 0 Å². The summed E-state index contributed by atoms with van der Waals surface area (Å²) in [7, 11) is 1.78. The van der Waals surface area contributed by atoms with Gasteiger partial charge >= 0.3 is 0 Å².